The van der Waals surface area contributed by atoms with Gasteiger partial charge in [-0.15, -0.1) is 0 Å². The van der Waals surface area contributed by atoms with Crippen LogP contribution in [-0.2, 0) is 6.54 Å². The number of aryl methyl sites for hydroxylation is 1. The second-order valence-electron chi connectivity index (χ2n) is 7.32. The maximum atomic E-state index is 5.44. The normalized spacial score (nSPS) is 10.9. The van der Waals surface area contributed by atoms with E-state index in [-0.39, 0.29) is 17.0 Å². The molecule has 5 aromatic rings. The molecule has 0 unspecified atom stereocenters. The molecule has 0 atom stereocenters. The van der Waals surface area contributed by atoms with Crippen molar-refractivity contribution in [1.82, 2.24) is 9.97 Å². The number of aromatic nitrogens is 3. The molecule has 4 nitrogen and oxygen atoms in total. The molecule has 5 rings (SSSR count). The average Bonchev–Trinajstić information content (AvgIpc) is 3.13. The molecular formula is C25H22BrN3O. The van der Waals surface area contributed by atoms with Crippen molar-refractivity contribution in [3.63, 3.8) is 0 Å². The van der Waals surface area contributed by atoms with Crippen molar-refractivity contribution in [3.05, 3.63) is 90.3 Å². The highest BCUT2D eigenvalue weighted by atomic mass is 79.9. The Morgan fingerprint density at radius 3 is 2.53 bits per heavy atom. The summed E-state index contributed by atoms with van der Waals surface area (Å²) < 4.78 is 7.70. The van der Waals surface area contributed by atoms with Crippen LogP contribution < -0.4 is 26.3 Å². The predicted molar refractivity (Wildman–Crippen MR) is 116 cm³/mol. The lowest BCUT2D eigenvalue weighted by Gasteiger charge is -2.06. The van der Waals surface area contributed by atoms with E-state index in [1.807, 2.05) is 24.4 Å². The fourth-order valence-corrected chi connectivity index (χ4v) is 3.86. The molecule has 1 N–H and O–H groups in total. The fourth-order valence-electron chi connectivity index (χ4n) is 3.86. The third-order valence-electron chi connectivity index (χ3n) is 5.37. The van der Waals surface area contributed by atoms with Crippen LogP contribution in [0.4, 0.5) is 0 Å². The predicted octanol–water partition coefficient (Wildman–Crippen LogP) is 2.04. The summed E-state index contributed by atoms with van der Waals surface area (Å²) in [4.78, 5) is 8.27. The van der Waals surface area contributed by atoms with E-state index in [9.17, 15) is 0 Å². The molecule has 0 bridgehead atoms. The van der Waals surface area contributed by atoms with Gasteiger partial charge < -0.3 is 26.7 Å². The van der Waals surface area contributed by atoms with Gasteiger partial charge in [-0.2, -0.15) is 4.57 Å². The summed E-state index contributed by atoms with van der Waals surface area (Å²) in [5, 5.41) is 2.32. The number of benzene rings is 2. The summed E-state index contributed by atoms with van der Waals surface area (Å²) in [6.45, 7) is 2.89. The Morgan fingerprint density at radius 1 is 0.967 bits per heavy atom. The second-order valence-corrected chi connectivity index (χ2v) is 7.32. The van der Waals surface area contributed by atoms with Gasteiger partial charge in [0.05, 0.1) is 7.11 Å². The smallest absolute Gasteiger partial charge is 0.255 e. The molecule has 0 fully saturated rings. The third-order valence-corrected chi connectivity index (χ3v) is 5.37. The van der Waals surface area contributed by atoms with Gasteiger partial charge in [0, 0.05) is 34.1 Å². The quantitative estimate of drug-likeness (QED) is 0.418. The molecular weight excluding hydrogens is 438 g/mol. The number of aromatic amines is 1. The first kappa shape index (κ1) is 20.1. The number of fused-ring (bicyclic) bond motifs is 3. The van der Waals surface area contributed by atoms with E-state index in [4.69, 9.17) is 4.74 Å². The Balaban J connectivity index is 0.00000218. The van der Waals surface area contributed by atoms with Crippen molar-refractivity contribution < 1.29 is 26.3 Å². The number of halogens is 1. The lowest BCUT2D eigenvalue weighted by Crippen LogP contribution is -3.00. The first-order valence-corrected chi connectivity index (χ1v) is 9.72. The zero-order valence-electron chi connectivity index (χ0n) is 16.9. The number of hydrogen-bond acceptors (Lipinski definition) is 2. The van der Waals surface area contributed by atoms with E-state index in [1.54, 1.807) is 7.11 Å². The van der Waals surface area contributed by atoms with E-state index in [1.165, 1.54) is 16.5 Å². The molecule has 30 heavy (non-hydrogen) atoms. The molecule has 0 radical (unpaired) electrons. The number of ether oxygens (including phenoxy) is 1. The summed E-state index contributed by atoms with van der Waals surface area (Å²) in [7, 11) is 1.70. The van der Waals surface area contributed by atoms with Crippen LogP contribution in [0.1, 0.15) is 11.1 Å². The van der Waals surface area contributed by atoms with Crippen molar-refractivity contribution in [3.8, 4) is 17.1 Å². The zero-order chi connectivity index (χ0) is 19.8. The Labute approximate surface area is 185 Å². The Hall–Kier alpha value is -3.18. The van der Waals surface area contributed by atoms with E-state index in [0.29, 0.717) is 0 Å². The monoisotopic (exact) mass is 459 g/mol. The summed E-state index contributed by atoms with van der Waals surface area (Å²) in [5.74, 6) is 0.856. The maximum absolute atomic E-state index is 5.44. The number of methoxy groups -OCH3 is 1. The lowest BCUT2D eigenvalue weighted by atomic mass is 10.1. The van der Waals surface area contributed by atoms with E-state index in [2.05, 4.69) is 76.2 Å². The van der Waals surface area contributed by atoms with Gasteiger partial charge in [-0.05, 0) is 37.3 Å². The summed E-state index contributed by atoms with van der Waals surface area (Å²) in [5.41, 5.74) is 6.73. The third kappa shape index (κ3) is 3.57. The van der Waals surface area contributed by atoms with Gasteiger partial charge in [0.15, 0.2) is 12.7 Å². The van der Waals surface area contributed by atoms with Crippen LogP contribution in [0.25, 0.3) is 33.2 Å². The molecule has 0 spiro atoms. The fraction of sp³-hybridized carbons (Fsp3) is 0.120. The van der Waals surface area contributed by atoms with Crippen LogP contribution in [0.2, 0.25) is 0 Å². The molecule has 0 aliphatic carbocycles. The average molecular weight is 460 g/mol. The summed E-state index contributed by atoms with van der Waals surface area (Å²) in [6.07, 6.45) is 4.00. The topological polar surface area (TPSA) is 41.8 Å². The highest BCUT2D eigenvalue weighted by Crippen LogP contribution is 2.32. The van der Waals surface area contributed by atoms with Gasteiger partial charge in [0.2, 0.25) is 0 Å². The molecule has 2 aromatic carbocycles. The van der Waals surface area contributed by atoms with E-state index >= 15 is 0 Å². The van der Waals surface area contributed by atoms with Crippen molar-refractivity contribution >= 4 is 21.8 Å². The minimum Gasteiger partial charge on any atom is -1.00 e. The highest BCUT2D eigenvalue weighted by Gasteiger charge is 2.22. The van der Waals surface area contributed by atoms with Gasteiger partial charge in [-0.1, -0.05) is 35.9 Å². The molecule has 3 heterocycles. The number of nitrogens with one attached hydrogen (secondary N) is 1. The second kappa shape index (κ2) is 8.28. The Kier molecular flexibility index (Phi) is 5.55. The molecule has 5 heteroatoms. The minimum atomic E-state index is 0. The maximum Gasteiger partial charge on any atom is 0.255 e. The van der Waals surface area contributed by atoms with Crippen LogP contribution in [-0.4, -0.2) is 17.1 Å². The number of nitrogens with zero attached hydrogens (tertiary/aromatic N) is 2. The summed E-state index contributed by atoms with van der Waals surface area (Å²) >= 11 is 0. The first-order valence-electron chi connectivity index (χ1n) is 9.72. The first-order chi connectivity index (χ1) is 14.2. The Morgan fingerprint density at radius 2 is 1.80 bits per heavy atom. The van der Waals surface area contributed by atoms with Crippen LogP contribution in [0, 0.1) is 6.92 Å². The van der Waals surface area contributed by atoms with Crippen molar-refractivity contribution in [2.75, 3.05) is 7.11 Å². The van der Waals surface area contributed by atoms with Gasteiger partial charge in [0.25, 0.3) is 5.69 Å². The molecule has 150 valence electrons. The standard InChI is InChI=1S/C25H21N3O.BrH/c1-17-6-8-18(9-7-17)16-28-14-12-20-21-15-19(29-2)10-11-22(21)27-24(20)25(28)23-5-3-4-13-26-23;/h3-15H,16H2,1-2H3;1H. The van der Waals surface area contributed by atoms with Gasteiger partial charge >= 0.3 is 0 Å². The van der Waals surface area contributed by atoms with Crippen LogP contribution in [0.15, 0.2) is 79.1 Å². The Bertz CT molecular complexity index is 1310. The highest BCUT2D eigenvalue weighted by molar-refractivity contribution is 6.10. The van der Waals surface area contributed by atoms with Crippen molar-refractivity contribution in [2.24, 2.45) is 0 Å². The summed E-state index contributed by atoms with van der Waals surface area (Å²) in [6, 6.07) is 23.0. The van der Waals surface area contributed by atoms with Crippen LogP contribution in [0.5, 0.6) is 5.75 Å². The minimum absolute atomic E-state index is 0. The number of hydrogen-bond donors (Lipinski definition) is 1. The molecule has 0 amide bonds. The largest absolute Gasteiger partial charge is 1.00 e. The molecule has 0 aliphatic rings. The lowest BCUT2D eigenvalue weighted by molar-refractivity contribution is -0.676. The van der Waals surface area contributed by atoms with Gasteiger partial charge in [0.1, 0.15) is 17.0 Å². The zero-order valence-corrected chi connectivity index (χ0v) is 18.5. The molecule has 0 aliphatic heterocycles. The van der Waals surface area contributed by atoms with Crippen molar-refractivity contribution in [1.29, 1.82) is 0 Å². The molecule has 0 saturated heterocycles. The number of pyridine rings is 2. The van der Waals surface area contributed by atoms with Crippen LogP contribution >= 0.6 is 0 Å². The van der Waals surface area contributed by atoms with Gasteiger partial charge in [-0.25, -0.2) is 4.98 Å². The molecule has 3 aromatic heterocycles. The SMILES string of the molecule is COc1ccc2[nH]c3c(-c4ccccn4)[n+](Cc4ccc(C)cc4)ccc3c2c1.[Br-]. The number of rotatable bonds is 4. The number of H-pyrrole nitrogens is 1. The van der Waals surface area contributed by atoms with Gasteiger partial charge in [-0.3, -0.25) is 0 Å². The molecule has 0 saturated carbocycles. The van der Waals surface area contributed by atoms with Crippen LogP contribution in [0.3, 0.4) is 0 Å². The van der Waals surface area contributed by atoms with E-state index < -0.39 is 0 Å². The van der Waals surface area contributed by atoms with Crippen molar-refractivity contribution in [2.45, 2.75) is 13.5 Å². The van der Waals surface area contributed by atoms with E-state index in [0.717, 1.165) is 40.1 Å².